The second-order valence-electron chi connectivity index (χ2n) is 5.04. The third-order valence-electron chi connectivity index (χ3n) is 3.51. The lowest BCUT2D eigenvalue weighted by Crippen LogP contribution is -2.06. The van der Waals surface area contributed by atoms with E-state index in [1.165, 1.54) is 31.3 Å². The Bertz CT molecular complexity index is 258. The van der Waals surface area contributed by atoms with E-state index in [9.17, 15) is 0 Å². The summed E-state index contributed by atoms with van der Waals surface area (Å²) in [5, 5.41) is 0. The van der Waals surface area contributed by atoms with E-state index < -0.39 is 0 Å². The molecule has 0 aromatic rings. The van der Waals surface area contributed by atoms with Gasteiger partial charge in [-0.1, -0.05) is 57.6 Å². The fourth-order valence-electron chi connectivity index (χ4n) is 2.56. The third-order valence-corrected chi connectivity index (χ3v) is 3.51. The highest BCUT2D eigenvalue weighted by Gasteiger charge is 2.13. The molecule has 0 aliphatic heterocycles. The number of hydrogen-bond donors (Lipinski definition) is 0. The van der Waals surface area contributed by atoms with E-state index >= 15 is 0 Å². The highest BCUT2D eigenvalue weighted by Crippen LogP contribution is 2.29. The lowest BCUT2D eigenvalue weighted by atomic mass is 9.84. The van der Waals surface area contributed by atoms with Crippen LogP contribution in [-0.2, 0) is 0 Å². The molecule has 0 saturated carbocycles. The zero-order valence-corrected chi connectivity index (χ0v) is 11.2. The summed E-state index contributed by atoms with van der Waals surface area (Å²) in [6.45, 7) is 4.37. The van der Waals surface area contributed by atoms with Crippen LogP contribution in [0.2, 0.25) is 0 Å². The first-order valence-electron chi connectivity index (χ1n) is 8.39. The highest BCUT2D eigenvalue weighted by atomic mass is 14.2. The summed E-state index contributed by atoms with van der Waals surface area (Å²) in [6, 6.07) is 0.876. The molecule has 2 atom stereocenters. The summed E-state index contributed by atoms with van der Waals surface area (Å²) in [7, 11) is 0. The van der Waals surface area contributed by atoms with Crippen molar-refractivity contribution >= 4 is 0 Å². The fraction of sp³-hybridized carbons (Fsp3) is 0.875. The van der Waals surface area contributed by atoms with Gasteiger partial charge in [-0.05, 0) is 44.4 Å². The van der Waals surface area contributed by atoms with Crippen molar-refractivity contribution in [1.82, 2.24) is 0 Å². The molecule has 0 saturated heterocycles. The maximum absolute atomic E-state index is 8.37. The molecule has 1 rings (SSSR count). The maximum Gasteiger partial charge on any atom is 0.0575 e. The van der Waals surface area contributed by atoms with Crippen molar-refractivity contribution in [3.63, 3.8) is 0 Å². The number of rotatable bonds is 6. The Morgan fingerprint density at radius 1 is 1.25 bits per heavy atom. The predicted molar refractivity (Wildman–Crippen MR) is 73.7 cm³/mol. The van der Waals surface area contributed by atoms with E-state index in [2.05, 4.69) is 13.8 Å². The minimum absolute atomic E-state index is 0.0183. The Hall–Kier alpha value is -0.260. The van der Waals surface area contributed by atoms with Crippen molar-refractivity contribution in [2.24, 2.45) is 5.92 Å². The minimum atomic E-state index is 0.0183. The first kappa shape index (κ1) is 10.9. The second-order valence-corrected chi connectivity index (χ2v) is 5.04. The van der Waals surface area contributed by atoms with Gasteiger partial charge in [0.25, 0.3) is 0 Å². The van der Waals surface area contributed by atoms with Gasteiger partial charge in [-0.25, -0.2) is 0 Å². The summed E-state index contributed by atoms with van der Waals surface area (Å²) >= 11 is 0. The molecule has 0 fully saturated rings. The molecular weight excluding hydrogens is 192 g/mol. The molecule has 0 nitrogen and oxygen atoms in total. The van der Waals surface area contributed by atoms with E-state index in [1.54, 1.807) is 0 Å². The average molecular weight is 224 g/mol. The lowest BCUT2D eigenvalue weighted by molar-refractivity contribution is 0.461. The van der Waals surface area contributed by atoms with E-state index in [0.717, 1.165) is 44.6 Å². The molecule has 0 spiro atoms. The standard InChI is InChI=1S/C16H30/c1-3-5-12-15(11-4-2)16-13-9-7-6-8-10-14-16/h13,15H,3-12,14H2,1-2H3/i12D,13D. The summed E-state index contributed by atoms with van der Waals surface area (Å²) in [5.41, 5.74) is 1.34. The van der Waals surface area contributed by atoms with Gasteiger partial charge in [-0.3, -0.25) is 0 Å². The van der Waals surface area contributed by atoms with Crippen LogP contribution in [0.5, 0.6) is 0 Å². The Kier molecular flexibility index (Phi) is 6.01. The maximum atomic E-state index is 8.37. The van der Waals surface area contributed by atoms with Crippen molar-refractivity contribution < 1.29 is 2.74 Å². The van der Waals surface area contributed by atoms with E-state index in [-0.39, 0.29) is 6.40 Å². The van der Waals surface area contributed by atoms with Crippen molar-refractivity contribution in [3.8, 4) is 0 Å². The molecule has 2 unspecified atom stereocenters. The van der Waals surface area contributed by atoms with Crippen molar-refractivity contribution in [1.29, 1.82) is 0 Å². The SMILES string of the molecule is [2H]C1=C(C(CCC)C([2H])CCC)CCCCCC1. The van der Waals surface area contributed by atoms with Crippen molar-refractivity contribution in [3.05, 3.63) is 11.6 Å². The molecular formula is C16H30. The molecule has 0 heterocycles. The zero-order valence-electron chi connectivity index (χ0n) is 13.2. The van der Waals surface area contributed by atoms with Crippen LogP contribution in [0.15, 0.2) is 11.6 Å². The van der Waals surface area contributed by atoms with Crippen LogP contribution in [0.4, 0.5) is 0 Å². The van der Waals surface area contributed by atoms with E-state index in [4.69, 9.17) is 2.74 Å². The van der Waals surface area contributed by atoms with Gasteiger partial charge >= 0.3 is 0 Å². The highest BCUT2D eigenvalue weighted by molar-refractivity contribution is 5.07. The molecule has 1 aliphatic carbocycles. The Labute approximate surface area is 105 Å². The molecule has 16 heavy (non-hydrogen) atoms. The summed E-state index contributed by atoms with van der Waals surface area (Å²) in [4.78, 5) is 0. The van der Waals surface area contributed by atoms with Crippen LogP contribution >= 0.6 is 0 Å². The molecule has 0 aromatic heterocycles. The van der Waals surface area contributed by atoms with Crippen LogP contribution in [-0.4, -0.2) is 0 Å². The van der Waals surface area contributed by atoms with Gasteiger partial charge in [0.1, 0.15) is 0 Å². The molecule has 0 heteroatoms. The van der Waals surface area contributed by atoms with Gasteiger partial charge in [-0.2, -0.15) is 0 Å². The third kappa shape index (κ3) is 5.18. The van der Waals surface area contributed by atoms with Crippen LogP contribution in [0.1, 0.15) is 87.2 Å². The van der Waals surface area contributed by atoms with Crippen LogP contribution < -0.4 is 0 Å². The Morgan fingerprint density at radius 2 is 2.06 bits per heavy atom. The quantitative estimate of drug-likeness (QED) is 0.495. The summed E-state index contributed by atoms with van der Waals surface area (Å²) < 4.78 is 16.7. The summed E-state index contributed by atoms with van der Waals surface area (Å²) in [6.07, 6.45) is 11.4. The van der Waals surface area contributed by atoms with Gasteiger partial charge in [0, 0.05) is 1.37 Å². The van der Waals surface area contributed by atoms with Gasteiger partial charge in [0.05, 0.1) is 1.37 Å². The molecule has 0 bridgehead atoms. The first-order valence-corrected chi connectivity index (χ1v) is 7.31. The fourth-order valence-corrected chi connectivity index (χ4v) is 2.56. The average Bonchev–Trinajstić information content (AvgIpc) is 2.33. The van der Waals surface area contributed by atoms with Crippen molar-refractivity contribution in [2.45, 2.75) is 84.5 Å². The lowest BCUT2D eigenvalue weighted by Gasteiger charge is -2.21. The van der Waals surface area contributed by atoms with Crippen LogP contribution in [0, 0.1) is 5.92 Å². The molecule has 1 aliphatic rings. The van der Waals surface area contributed by atoms with Gasteiger partial charge < -0.3 is 0 Å². The molecule has 0 amide bonds. The number of hydrogen-bond acceptors (Lipinski definition) is 0. The Balaban J connectivity index is 2.82. The topological polar surface area (TPSA) is 0 Å². The molecule has 0 aromatic carbocycles. The molecule has 94 valence electrons. The molecule has 0 N–H and O–H groups in total. The largest absolute Gasteiger partial charge is 0.0851 e. The van der Waals surface area contributed by atoms with Crippen LogP contribution in [0.25, 0.3) is 0 Å². The predicted octanol–water partition coefficient (Wildman–Crippen LogP) is 5.87. The van der Waals surface area contributed by atoms with E-state index in [1.807, 2.05) is 0 Å². The normalized spacial score (nSPS) is 24.1. The smallest absolute Gasteiger partial charge is 0.0575 e. The van der Waals surface area contributed by atoms with Gasteiger partial charge in [-0.15, -0.1) is 0 Å². The molecule has 0 radical (unpaired) electrons. The summed E-state index contributed by atoms with van der Waals surface area (Å²) in [5.74, 6) is 0.362. The van der Waals surface area contributed by atoms with Gasteiger partial charge in [0.2, 0.25) is 0 Å². The van der Waals surface area contributed by atoms with E-state index in [0.29, 0.717) is 5.92 Å². The Morgan fingerprint density at radius 3 is 2.81 bits per heavy atom. The first-order chi connectivity index (χ1) is 8.70. The second kappa shape index (κ2) is 8.84. The number of allylic oxidation sites excluding steroid dienone is 2. The van der Waals surface area contributed by atoms with Gasteiger partial charge in [0.15, 0.2) is 0 Å². The zero-order chi connectivity index (χ0) is 13.4. The monoisotopic (exact) mass is 224 g/mol. The van der Waals surface area contributed by atoms with Crippen molar-refractivity contribution in [2.75, 3.05) is 0 Å². The van der Waals surface area contributed by atoms with Crippen LogP contribution in [0.3, 0.4) is 0 Å². The minimum Gasteiger partial charge on any atom is -0.0851 e.